The molecule has 0 bridgehead atoms. The molecule has 0 saturated heterocycles. The summed E-state index contributed by atoms with van der Waals surface area (Å²) in [5, 5.41) is 10.6. The highest BCUT2D eigenvalue weighted by atomic mass is 16.3. The molecule has 0 radical (unpaired) electrons. The van der Waals surface area contributed by atoms with Crippen molar-refractivity contribution in [3.8, 4) is 0 Å². The van der Waals surface area contributed by atoms with E-state index in [-0.39, 0.29) is 6.10 Å². The summed E-state index contributed by atoms with van der Waals surface area (Å²) >= 11 is 0. The summed E-state index contributed by atoms with van der Waals surface area (Å²) < 4.78 is 0. The standard InChI is InChI=1S/C31H54O/c1-18(2)21(5)31(8)17-27(31)19(3)23-11-12-25-22-9-10-24-20(4)28(32)14-16-30(24,7)26(22)13-15-29(23,25)6/h18-28,32H,9-17H2,1-8H3. The highest BCUT2D eigenvalue weighted by molar-refractivity contribution is 5.13. The van der Waals surface area contributed by atoms with Crippen LogP contribution in [0, 0.1) is 75.4 Å². The summed E-state index contributed by atoms with van der Waals surface area (Å²) in [6.45, 7) is 20.4. The Morgan fingerprint density at radius 3 is 2.03 bits per heavy atom. The molecule has 1 N–H and O–H groups in total. The lowest BCUT2D eigenvalue weighted by Crippen LogP contribution is -2.56. The Balaban J connectivity index is 1.34. The van der Waals surface area contributed by atoms with Gasteiger partial charge in [-0.25, -0.2) is 0 Å². The minimum atomic E-state index is -0.0451. The largest absolute Gasteiger partial charge is 0.393 e. The lowest BCUT2D eigenvalue weighted by atomic mass is 9.43. The summed E-state index contributed by atoms with van der Waals surface area (Å²) in [7, 11) is 0. The van der Waals surface area contributed by atoms with Crippen LogP contribution in [0.2, 0.25) is 0 Å². The minimum Gasteiger partial charge on any atom is -0.393 e. The molecule has 13 unspecified atom stereocenters. The molecule has 0 aliphatic heterocycles. The molecule has 1 nitrogen and oxygen atoms in total. The van der Waals surface area contributed by atoms with Gasteiger partial charge in [-0.3, -0.25) is 0 Å². The van der Waals surface area contributed by atoms with Crippen LogP contribution in [0.5, 0.6) is 0 Å². The van der Waals surface area contributed by atoms with Crippen molar-refractivity contribution in [2.75, 3.05) is 0 Å². The average Bonchev–Trinajstić information content (AvgIpc) is 3.31. The van der Waals surface area contributed by atoms with Crippen LogP contribution in [0.25, 0.3) is 0 Å². The van der Waals surface area contributed by atoms with Gasteiger partial charge in [0.1, 0.15) is 0 Å². The Kier molecular flexibility index (Phi) is 5.72. The normalized spacial score (nSPS) is 56.8. The molecule has 5 aliphatic carbocycles. The van der Waals surface area contributed by atoms with Crippen LogP contribution in [0.4, 0.5) is 0 Å². The molecule has 0 aromatic heterocycles. The Morgan fingerprint density at radius 1 is 0.719 bits per heavy atom. The van der Waals surface area contributed by atoms with Crippen LogP contribution in [0.3, 0.4) is 0 Å². The molecule has 0 heterocycles. The van der Waals surface area contributed by atoms with E-state index in [1.165, 1.54) is 51.4 Å². The third kappa shape index (κ3) is 3.18. The number of rotatable bonds is 4. The molecular weight excluding hydrogens is 388 g/mol. The van der Waals surface area contributed by atoms with Crippen molar-refractivity contribution in [2.45, 2.75) is 119 Å². The van der Waals surface area contributed by atoms with Gasteiger partial charge in [0.15, 0.2) is 0 Å². The highest BCUT2D eigenvalue weighted by Gasteiger charge is 2.64. The second kappa shape index (κ2) is 7.73. The zero-order valence-corrected chi connectivity index (χ0v) is 22.7. The van der Waals surface area contributed by atoms with Crippen LogP contribution in [-0.4, -0.2) is 11.2 Å². The number of aliphatic hydroxyl groups excluding tert-OH is 1. The van der Waals surface area contributed by atoms with Crippen LogP contribution in [0.1, 0.15) is 113 Å². The minimum absolute atomic E-state index is 0.0451. The second-order valence-corrected chi connectivity index (χ2v) is 15.0. The maximum Gasteiger partial charge on any atom is 0.0568 e. The SMILES string of the molecule is CC(C)C(C)C1(C)CC1C(C)C1CCC2C3CCC4C(C)C(O)CCC4(C)C3CCC12C. The van der Waals surface area contributed by atoms with Crippen molar-refractivity contribution < 1.29 is 5.11 Å². The van der Waals surface area contributed by atoms with Gasteiger partial charge in [-0.1, -0.05) is 55.4 Å². The van der Waals surface area contributed by atoms with Gasteiger partial charge in [0.25, 0.3) is 0 Å². The fraction of sp³-hybridized carbons (Fsp3) is 1.00. The van der Waals surface area contributed by atoms with E-state index >= 15 is 0 Å². The highest BCUT2D eigenvalue weighted by Crippen LogP contribution is 2.72. The molecule has 0 aromatic rings. The van der Waals surface area contributed by atoms with E-state index < -0.39 is 0 Å². The topological polar surface area (TPSA) is 20.2 Å². The van der Waals surface area contributed by atoms with Crippen molar-refractivity contribution in [3.63, 3.8) is 0 Å². The lowest BCUT2D eigenvalue weighted by molar-refractivity contribution is -0.149. The first-order valence-electron chi connectivity index (χ1n) is 14.6. The molecule has 5 aliphatic rings. The summed E-state index contributed by atoms with van der Waals surface area (Å²) in [4.78, 5) is 0. The molecule has 5 fully saturated rings. The molecule has 1 heteroatoms. The van der Waals surface area contributed by atoms with Gasteiger partial charge >= 0.3 is 0 Å². The number of hydrogen-bond donors (Lipinski definition) is 1. The summed E-state index contributed by atoms with van der Waals surface area (Å²) in [5.41, 5.74) is 1.69. The maximum atomic E-state index is 10.6. The molecule has 5 saturated carbocycles. The summed E-state index contributed by atoms with van der Waals surface area (Å²) in [6.07, 6.45) is 12.6. The van der Waals surface area contributed by atoms with Crippen molar-refractivity contribution in [2.24, 2.45) is 75.4 Å². The first-order chi connectivity index (χ1) is 14.9. The van der Waals surface area contributed by atoms with Crippen molar-refractivity contribution >= 4 is 0 Å². The molecule has 0 aromatic carbocycles. The van der Waals surface area contributed by atoms with Gasteiger partial charge in [-0.15, -0.1) is 0 Å². The molecular formula is C31H54O. The third-order valence-corrected chi connectivity index (χ3v) is 13.9. The van der Waals surface area contributed by atoms with E-state index in [0.29, 0.717) is 22.2 Å². The fourth-order valence-corrected chi connectivity index (χ4v) is 11.4. The van der Waals surface area contributed by atoms with Crippen molar-refractivity contribution in [1.82, 2.24) is 0 Å². The molecule has 0 spiro atoms. The fourth-order valence-electron chi connectivity index (χ4n) is 11.4. The van der Waals surface area contributed by atoms with Gasteiger partial charge in [0, 0.05) is 0 Å². The van der Waals surface area contributed by atoms with E-state index in [9.17, 15) is 5.11 Å². The number of fused-ring (bicyclic) bond motifs is 5. The Morgan fingerprint density at radius 2 is 1.34 bits per heavy atom. The molecule has 32 heavy (non-hydrogen) atoms. The number of aliphatic hydroxyl groups is 1. The van der Waals surface area contributed by atoms with E-state index in [0.717, 1.165) is 59.7 Å². The molecule has 184 valence electrons. The van der Waals surface area contributed by atoms with Gasteiger partial charge in [-0.05, 0) is 133 Å². The molecule has 0 amide bonds. The first kappa shape index (κ1) is 23.7. The Bertz CT molecular complexity index is 713. The zero-order chi connectivity index (χ0) is 23.2. The zero-order valence-electron chi connectivity index (χ0n) is 22.7. The smallest absolute Gasteiger partial charge is 0.0568 e. The summed E-state index contributed by atoms with van der Waals surface area (Å²) in [6, 6.07) is 0. The van der Waals surface area contributed by atoms with Crippen LogP contribution >= 0.6 is 0 Å². The van der Waals surface area contributed by atoms with Crippen molar-refractivity contribution in [3.05, 3.63) is 0 Å². The quantitative estimate of drug-likeness (QED) is 0.465. The van der Waals surface area contributed by atoms with Gasteiger partial charge < -0.3 is 5.11 Å². The van der Waals surface area contributed by atoms with E-state index in [4.69, 9.17) is 0 Å². The van der Waals surface area contributed by atoms with Gasteiger partial charge in [0.05, 0.1) is 6.10 Å². The van der Waals surface area contributed by atoms with Crippen molar-refractivity contribution in [1.29, 1.82) is 0 Å². The molecule has 13 atom stereocenters. The first-order valence-corrected chi connectivity index (χ1v) is 14.6. The third-order valence-electron chi connectivity index (χ3n) is 13.9. The predicted molar refractivity (Wildman–Crippen MR) is 135 cm³/mol. The Labute approximate surface area is 199 Å². The van der Waals surface area contributed by atoms with E-state index in [2.05, 4.69) is 55.4 Å². The van der Waals surface area contributed by atoms with Crippen LogP contribution in [0.15, 0.2) is 0 Å². The van der Waals surface area contributed by atoms with Crippen LogP contribution in [-0.2, 0) is 0 Å². The van der Waals surface area contributed by atoms with E-state index in [1.807, 2.05) is 0 Å². The summed E-state index contributed by atoms with van der Waals surface area (Å²) in [5.74, 6) is 8.63. The lowest BCUT2D eigenvalue weighted by Gasteiger charge is -2.62. The average molecular weight is 443 g/mol. The second-order valence-electron chi connectivity index (χ2n) is 15.0. The van der Waals surface area contributed by atoms with E-state index in [1.54, 1.807) is 0 Å². The maximum absolute atomic E-state index is 10.6. The Hall–Kier alpha value is -0.0400. The van der Waals surface area contributed by atoms with Gasteiger partial charge in [-0.2, -0.15) is 0 Å². The van der Waals surface area contributed by atoms with Crippen LogP contribution < -0.4 is 0 Å². The number of hydrogen-bond acceptors (Lipinski definition) is 1. The monoisotopic (exact) mass is 442 g/mol. The molecule has 5 rings (SSSR count). The van der Waals surface area contributed by atoms with Gasteiger partial charge in [0.2, 0.25) is 0 Å². The predicted octanol–water partition coefficient (Wildman–Crippen LogP) is 8.21.